The molecular formula is C39H66N2O9. The van der Waals surface area contributed by atoms with Crippen LogP contribution in [0.4, 0.5) is 4.79 Å². The lowest BCUT2D eigenvalue weighted by Crippen LogP contribution is -2.46. The normalized spacial score (nSPS) is 33.4. The summed E-state index contributed by atoms with van der Waals surface area (Å²) in [6.07, 6.45) is 6.56. The topological polar surface area (TPSA) is 153 Å². The van der Waals surface area contributed by atoms with Gasteiger partial charge in [0.1, 0.15) is 11.7 Å². The van der Waals surface area contributed by atoms with Gasteiger partial charge in [0.25, 0.3) is 0 Å². The zero-order chi connectivity index (χ0) is 37.4. The van der Waals surface area contributed by atoms with Crippen molar-refractivity contribution in [3.8, 4) is 0 Å². The zero-order valence-electron chi connectivity index (χ0n) is 32.0. The predicted molar refractivity (Wildman–Crippen MR) is 193 cm³/mol. The van der Waals surface area contributed by atoms with Gasteiger partial charge in [-0.25, -0.2) is 4.79 Å². The van der Waals surface area contributed by atoms with Crippen LogP contribution in [0.15, 0.2) is 36.0 Å². The number of amides is 1. The van der Waals surface area contributed by atoms with E-state index in [1.807, 2.05) is 27.7 Å². The van der Waals surface area contributed by atoms with Crippen molar-refractivity contribution in [2.75, 3.05) is 32.7 Å². The predicted octanol–water partition coefficient (Wildman–Crippen LogP) is 4.76. The highest BCUT2D eigenvalue weighted by Gasteiger charge is 2.47. The molecule has 4 N–H and O–H groups in total. The van der Waals surface area contributed by atoms with Gasteiger partial charge in [-0.1, -0.05) is 65.8 Å². The summed E-state index contributed by atoms with van der Waals surface area (Å²) in [5.74, 6) is -0.952. The minimum atomic E-state index is -1.49. The summed E-state index contributed by atoms with van der Waals surface area (Å²) < 4.78 is 17.6. The van der Waals surface area contributed by atoms with Gasteiger partial charge in [0.2, 0.25) is 0 Å². The molecule has 1 amide bonds. The molecule has 3 heterocycles. The Morgan fingerprint density at radius 2 is 1.88 bits per heavy atom. The maximum Gasteiger partial charge on any atom is 0.410 e. The van der Waals surface area contributed by atoms with Crippen molar-refractivity contribution in [3.63, 3.8) is 0 Å². The van der Waals surface area contributed by atoms with E-state index in [2.05, 4.69) is 25.7 Å². The maximum atomic E-state index is 13.5. The van der Waals surface area contributed by atoms with Gasteiger partial charge in [-0.15, -0.1) is 0 Å². The van der Waals surface area contributed by atoms with E-state index in [9.17, 15) is 30.0 Å². The number of ether oxygens (including phenoxy) is 3. The van der Waals surface area contributed by atoms with Crippen LogP contribution in [0.1, 0.15) is 101 Å². The van der Waals surface area contributed by atoms with Crippen LogP contribution in [-0.4, -0.2) is 123 Å². The molecule has 0 bridgehead atoms. The van der Waals surface area contributed by atoms with Crippen molar-refractivity contribution in [2.24, 2.45) is 17.3 Å². The molecule has 2 saturated heterocycles. The Labute approximate surface area is 300 Å². The van der Waals surface area contributed by atoms with Crippen molar-refractivity contribution < 1.29 is 44.2 Å². The average Bonchev–Trinajstić information content (AvgIpc) is 3.81. The molecule has 0 aliphatic carbocycles. The number of epoxide rings is 1. The molecule has 3 aliphatic heterocycles. The van der Waals surface area contributed by atoms with Crippen LogP contribution in [0.5, 0.6) is 0 Å². The minimum absolute atomic E-state index is 0.0127. The van der Waals surface area contributed by atoms with Crippen molar-refractivity contribution in [3.05, 3.63) is 36.0 Å². The summed E-state index contributed by atoms with van der Waals surface area (Å²) in [6, 6.07) is 0. The van der Waals surface area contributed by atoms with Crippen LogP contribution >= 0.6 is 0 Å². The highest BCUT2D eigenvalue weighted by molar-refractivity contribution is 5.70. The van der Waals surface area contributed by atoms with Crippen LogP contribution in [0.2, 0.25) is 0 Å². The first kappa shape index (κ1) is 42.1. The van der Waals surface area contributed by atoms with E-state index in [0.717, 1.165) is 26.1 Å². The van der Waals surface area contributed by atoms with E-state index < -0.39 is 47.7 Å². The molecule has 3 rings (SSSR count). The molecule has 50 heavy (non-hydrogen) atoms. The fourth-order valence-corrected chi connectivity index (χ4v) is 6.97. The van der Waals surface area contributed by atoms with Gasteiger partial charge >= 0.3 is 12.1 Å². The summed E-state index contributed by atoms with van der Waals surface area (Å²) >= 11 is 0. The lowest BCUT2D eigenvalue weighted by molar-refractivity contribution is -0.151. The zero-order valence-corrected chi connectivity index (χ0v) is 32.0. The number of hydrogen-bond acceptors (Lipinski definition) is 10. The van der Waals surface area contributed by atoms with Crippen molar-refractivity contribution in [1.82, 2.24) is 9.80 Å². The first-order valence-corrected chi connectivity index (χ1v) is 18.6. The van der Waals surface area contributed by atoms with Gasteiger partial charge in [0.05, 0.1) is 36.4 Å². The Kier molecular flexibility index (Phi) is 15.1. The number of aliphatic hydroxyl groups is 4. The molecule has 0 aromatic rings. The van der Waals surface area contributed by atoms with Crippen LogP contribution in [0.25, 0.3) is 0 Å². The average molecular weight is 707 g/mol. The molecule has 0 saturated carbocycles. The van der Waals surface area contributed by atoms with E-state index in [4.69, 9.17) is 14.2 Å². The molecule has 3 aliphatic rings. The summed E-state index contributed by atoms with van der Waals surface area (Å²) in [4.78, 5) is 30.4. The molecule has 10 unspecified atom stereocenters. The lowest BCUT2D eigenvalue weighted by atomic mass is 9.88. The van der Waals surface area contributed by atoms with Gasteiger partial charge in [-0.2, -0.15) is 0 Å². The van der Waals surface area contributed by atoms with Crippen molar-refractivity contribution >= 4 is 12.1 Å². The van der Waals surface area contributed by atoms with E-state index in [0.29, 0.717) is 31.5 Å². The number of cyclic esters (lactones) is 1. The fourth-order valence-electron chi connectivity index (χ4n) is 6.97. The largest absolute Gasteiger partial charge is 0.457 e. The number of carbonyl (C=O) groups excluding carboxylic acids is 2. The second-order valence-electron chi connectivity index (χ2n) is 16.7. The summed E-state index contributed by atoms with van der Waals surface area (Å²) in [5, 5.41) is 43.4. The fraction of sp³-hybridized carbons (Fsp3) is 0.795. The molecule has 11 heteroatoms. The van der Waals surface area contributed by atoms with Crippen LogP contribution in [0, 0.1) is 17.3 Å². The minimum Gasteiger partial charge on any atom is -0.457 e. The number of allylic oxidation sites excluding steroid dienone is 2. The molecular weight excluding hydrogens is 640 g/mol. The van der Waals surface area contributed by atoms with Gasteiger partial charge in [-0.3, -0.25) is 4.79 Å². The summed E-state index contributed by atoms with van der Waals surface area (Å²) in [6.45, 7) is 21.1. The van der Waals surface area contributed by atoms with E-state index in [1.54, 1.807) is 49.1 Å². The monoisotopic (exact) mass is 706 g/mol. The van der Waals surface area contributed by atoms with Gasteiger partial charge < -0.3 is 44.4 Å². The third kappa shape index (κ3) is 13.4. The molecule has 0 aromatic heterocycles. The molecule has 0 spiro atoms. The molecule has 10 atom stereocenters. The van der Waals surface area contributed by atoms with Gasteiger partial charge in [0, 0.05) is 44.4 Å². The summed E-state index contributed by atoms with van der Waals surface area (Å²) in [5.41, 5.74) is -1.80. The standard InChI is InChI=1S/C39H66N2O9/c1-10-30(43)28(4)35-31(48-35)24-38(8,46)17-11-13-26(2)34-27(3)14-15-32(39(9,47)18-16-29(42)23-33(44)50-34)49-36(45)41-20-12-19-40(21-22-41)25-37(5,6)7/h11,13-15,17,27-32,34-35,42-43,46-47H,10,12,16,18-25H2,1-9H3. The lowest BCUT2D eigenvalue weighted by Gasteiger charge is -2.34. The van der Waals surface area contributed by atoms with E-state index >= 15 is 0 Å². The Morgan fingerprint density at radius 3 is 2.54 bits per heavy atom. The number of aliphatic hydroxyl groups excluding tert-OH is 2. The van der Waals surface area contributed by atoms with Gasteiger partial charge in [-0.05, 0) is 70.1 Å². The molecule has 0 aromatic carbocycles. The highest BCUT2D eigenvalue weighted by Crippen LogP contribution is 2.37. The van der Waals surface area contributed by atoms with Gasteiger partial charge in [0.15, 0.2) is 6.10 Å². The first-order chi connectivity index (χ1) is 23.2. The number of nitrogens with zero attached hydrogens (tertiary/aromatic N) is 2. The van der Waals surface area contributed by atoms with Crippen molar-refractivity contribution in [2.45, 2.75) is 149 Å². The van der Waals surface area contributed by atoms with E-state index in [-0.39, 0.29) is 48.7 Å². The van der Waals surface area contributed by atoms with Crippen molar-refractivity contribution in [1.29, 1.82) is 0 Å². The summed E-state index contributed by atoms with van der Waals surface area (Å²) in [7, 11) is 0. The Morgan fingerprint density at radius 1 is 1.18 bits per heavy atom. The maximum absolute atomic E-state index is 13.5. The number of rotatable bonds is 10. The first-order valence-electron chi connectivity index (χ1n) is 18.6. The van der Waals surface area contributed by atoms with E-state index in [1.165, 1.54) is 0 Å². The third-order valence-electron chi connectivity index (χ3n) is 10.1. The second kappa shape index (κ2) is 18.0. The number of carbonyl (C=O) groups is 2. The van der Waals surface area contributed by atoms with Crippen LogP contribution in [0.3, 0.4) is 0 Å². The molecule has 286 valence electrons. The quantitative estimate of drug-likeness (QED) is 0.108. The number of esters is 1. The Hall–Kier alpha value is -2.28. The van der Waals surface area contributed by atoms with Crippen LogP contribution < -0.4 is 0 Å². The molecule has 11 nitrogen and oxygen atoms in total. The second-order valence-corrected chi connectivity index (χ2v) is 16.7. The SMILES string of the molecule is CCC(O)C(C)C1OC1CC(C)(O)C=CC=C(C)C1OC(=O)CC(O)CCC(C)(O)C(OC(=O)N2CCCN(CC(C)(C)C)CC2)C=CC1C. The molecule has 2 fully saturated rings. The Bertz CT molecular complexity index is 1210. The van der Waals surface area contributed by atoms with Crippen LogP contribution in [-0.2, 0) is 19.0 Å². The smallest absolute Gasteiger partial charge is 0.410 e. The number of hydrogen-bond donors (Lipinski definition) is 4. The highest BCUT2D eigenvalue weighted by atomic mass is 16.6. The third-order valence-corrected chi connectivity index (χ3v) is 10.1. The molecule has 0 radical (unpaired) electrons. The Balaban J connectivity index is 1.74.